The Morgan fingerprint density at radius 2 is 1.76 bits per heavy atom. The van der Waals surface area contributed by atoms with Crippen molar-refractivity contribution in [2.75, 3.05) is 18.9 Å². The number of hydrogen-bond donors (Lipinski definition) is 1. The van der Waals surface area contributed by atoms with E-state index in [2.05, 4.69) is 15.3 Å². The van der Waals surface area contributed by atoms with Crippen LogP contribution in [0.15, 0.2) is 102 Å². The number of amides is 1. The van der Waals surface area contributed by atoms with Crippen LogP contribution in [0.2, 0.25) is 5.02 Å². The predicted molar refractivity (Wildman–Crippen MR) is 163 cm³/mol. The van der Waals surface area contributed by atoms with E-state index in [4.69, 9.17) is 21.6 Å². The molecule has 208 valence electrons. The maximum atomic E-state index is 14.8. The van der Waals surface area contributed by atoms with Crippen LogP contribution in [-0.2, 0) is 13.0 Å². The lowest BCUT2D eigenvalue weighted by atomic mass is 9.95. The average molecular weight is 577 g/mol. The van der Waals surface area contributed by atoms with Crippen molar-refractivity contribution in [3.63, 3.8) is 0 Å². The highest BCUT2D eigenvalue weighted by molar-refractivity contribution is 6.31. The van der Waals surface area contributed by atoms with Crippen LogP contribution in [0.4, 0.5) is 16.0 Å². The van der Waals surface area contributed by atoms with Crippen LogP contribution in [0.5, 0.6) is 0 Å². The van der Waals surface area contributed by atoms with Gasteiger partial charge in [-0.2, -0.15) is 0 Å². The third-order valence-corrected chi connectivity index (χ3v) is 7.29. The molecule has 42 heavy (non-hydrogen) atoms. The molecule has 0 aliphatic carbocycles. The van der Waals surface area contributed by atoms with Gasteiger partial charge < -0.3 is 10.2 Å². The minimum Gasteiger partial charge on any atom is -0.341 e. The quantitative estimate of drug-likeness (QED) is 0.232. The molecule has 0 fully saturated rings. The Bertz CT molecular complexity index is 1790. The lowest BCUT2D eigenvalue weighted by Gasteiger charge is -2.17. The number of likely N-dealkylation sites (N-methyl/N-ethyl adjacent to an activating group) is 1. The van der Waals surface area contributed by atoms with Crippen molar-refractivity contribution in [2.45, 2.75) is 13.0 Å². The first-order valence-corrected chi connectivity index (χ1v) is 13.8. The maximum absolute atomic E-state index is 14.8. The van der Waals surface area contributed by atoms with E-state index in [1.54, 1.807) is 66.8 Å². The van der Waals surface area contributed by atoms with E-state index in [-0.39, 0.29) is 18.3 Å². The number of anilines is 2. The molecule has 1 aliphatic rings. The topological polar surface area (TPSA) is 83.4 Å². The number of halogens is 2. The molecule has 1 N–H and O–H groups in total. The molecule has 3 heterocycles. The van der Waals surface area contributed by atoms with Crippen LogP contribution < -0.4 is 5.32 Å². The zero-order valence-corrected chi connectivity index (χ0v) is 23.5. The molecular weight excluding hydrogens is 551 g/mol. The molecule has 1 amide bonds. The zero-order chi connectivity index (χ0) is 29.1. The summed E-state index contributed by atoms with van der Waals surface area (Å²) in [5, 5.41) is 3.75. The molecule has 6 rings (SSSR count). The van der Waals surface area contributed by atoms with Crippen molar-refractivity contribution in [1.82, 2.24) is 19.9 Å². The van der Waals surface area contributed by atoms with E-state index >= 15 is 0 Å². The number of aliphatic imine (C=N–C) groups is 1. The lowest BCUT2D eigenvalue weighted by Crippen LogP contribution is -2.28. The fourth-order valence-corrected chi connectivity index (χ4v) is 5.02. The van der Waals surface area contributed by atoms with E-state index in [1.807, 2.05) is 36.4 Å². The average Bonchev–Trinajstić information content (AvgIpc) is 3.17. The minimum absolute atomic E-state index is 0.0697. The highest BCUT2D eigenvalue weighted by Gasteiger charge is 2.23. The highest BCUT2D eigenvalue weighted by atomic mass is 35.5. The number of fused-ring (bicyclic) bond motifs is 3. The standard InChI is InChI=1S/C33H26ClFN6O/c1-41(17-15-24-6-4-5-16-36-24)32(42)21-9-12-25(13-10-21)39-33-38-20-22-19-37-31(27-7-2-3-8-29(27)35)28-18-23(34)11-14-26(28)30(22)40-33/h2-14,16,18,20H,15,17,19H2,1H3,(H,38,39,40). The van der Waals surface area contributed by atoms with E-state index < -0.39 is 0 Å². The smallest absolute Gasteiger partial charge is 0.253 e. The van der Waals surface area contributed by atoms with E-state index in [1.165, 1.54) is 6.07 Å². The second-order valence-corrected chi connectivity index (χ2v) is 10.3. The predicted octanol–water partition coefficient (Wildman–Crippen LogP) is 6.74. The van der Waals surface area contributed by atoms with Crippen molar-refractivity contribution >= 4 is 34.9 Å². The Kier molecular flexibility index (Phi) is 7.70. The van der Waals surface area contributed by atoms with Crippen molar-refractivity contribution in [2.24, 2.45) is 4.99 Å². The van der Waals surface area contributed by atoms with Gasteiger partial charge in [0.2, 0.25) is 5.95 Å². The number of carbonyl (C=O) groups is 1. The molecule has 0 saturated carbocycles. The SMILES string of the molecule is CN(CCc1ccccn1)C(=O)c1ccc(Nc2ncc3c(n2)-c2ccc(Cl)cc2C(c2ccccc2F)=NC3)cc1. The molecule has 0 bridgehead atoms. The van der Waals surface area contributed by atoms with E-state index in [0.717, 1.165) is 22.5 Å². The van der Waals surface area contributed by atoms with E-state index in [9.17, 15) is 9.18 Å². The molecule has 3 aromatic carbocycles. The Hall–Kier alpha value is -4.95. The Balaban J connectivity index is 1.21. The second kappa shape index (κ2) is 11.9. The first-order valence-electron chi connectivity index (χ1n) is 13.4. The largest absolute Gasteiger partial charge is 0.341 e. The lowest BCUT2D eigenvalue weighted by molar-refractivity contribution is 0.0796. The molecular formula is C33H26ClFN6O. The number of benzene rings is 3. The molecule has 9 heteroatoms. The number of nitrogens with one attached hydrogen (secondary N) is 1. The fourth-order valence-electron chi connectivity index (χ4n) is 4.84. The molecule has 0 saturated heterocycles. The maximum Gasteiger partial charge on any atom is 0.253 e. The third-order valence-electron chi connectivity index (χ3n) is 7.06. The number of pyridine rings is 1. The van der Waals surface area contributed by atoms with Crippen LogP contribution in [0.3, 0.4) is 0 Å². The fraction of sp³-hybridized carbons (Fsp3) is 0.121. The van der Waals surface area contributed by atoms with Gasteiger partial charge in [-0.25, -0.2) is 14.4 Å². The van der Waals surface area contributed by atoms with Crippen LogP contribution in [0, 0.1) is 5.82 Å². The first kappa shape index (κ1) is 27.2. The highest BCUT2D eigenvalue weighted by Crippen LogP contribution is 2.34. The van der Waals surface area contributed by atoms with Crippen molar-refractivity contribution in [3.05, 3.63) is 136 Å². The second-order valence-electron chi connectivity index (χ2n) is 9.90. The van der Waals surface area contributed by atoms with Crippen LogP contribution in [-0.4, -0.2) is 45.1 Å². The summed E-state index contributed by atoms with van der Waals surface area (Å²) >= 11 is 6.36. The van der Waals surface area contributed by atoms with Gasteiger partial charge in [0.1, 0.15) is 5.82 Å². The monoisotopic (exact) mass is 576 g/mol. The van der Waals surface area contributed by atoms with Crippen LogP contribution in [0.25, 0.3) is 11.3 Å². The summed E-state index contributed by atoms with van der Waals surface area (Å²) in [5.41, 5.74) is 6.16. The van der Waals surface area contributed by atoms with Gasteiger partial charge in [-0.1, -0.05) is 35.9 Å². The summed E-state index contributed by atoms with van der Waals surface area (Å²) in [5.74, 6) is -0.0434. The molecule has 0 unspecified atom stereocenters. The number of hydrogen-bond acceptors (Lipinski definition) is 6. The normalized spacial score (nSPS) is 12.0. The third kappa shape index (κ3) is 5.75. The molecule has 1 aliphatic heterocycles. The number of aromatic nitrogens is 3. The molecule has 0 radical (unpaired) electrons. The number of rotatable bonds is 7. The van der Waals surface area contributed by atoms with Gasteiger partial charge in [0.05, 0.1) is 18.0 Å². The summed E-state index contributed by atoms with van der Waals surface area (Å²) < 4.78 is 14.8. The molecule has 0 atom stereocenters. The summed E-state index contributed by atoms with van der Waals surface area (Å²) in [6.07, 6.45) is 4.16. The van der Waals surface area contributed by atoms with Gasteiger partial charge in [-0.3, -0.25) is 14.8 Å². The van der Waals surface area contributed by atoms with Gasteiger partial charge >= 0.3 is 0 Å². The summed E-state index contributed by atoms with van der Waals surface area (Å²) in [6, 6.07) is 25.0. The molecule has 7 nitrogen and oxygen atoms in total. The van der Waals surface area contributed by atoms with Gasteiger partial charge in [0.15, 0.2) is 0 Å². The molecule has 2 aromatic heterocycles. The zero-order valence-electron chi connectivity index (χ0n) is 22.8. The molecule has 5 aromatic rings. The summed E-state index contributed by atoms with van der Waals surface area (Å²) in [7, 11) is 1.79. The van der Waals surface area contributed by atoms with Crippen molar-refractivity contribution in [1.29, 1.82) is 0 Å². The first-order chi connectivity index (χ1) is 20.5. The van der Waals surface area contributed by atoms with Gasteiger partial charge in [-0.05, 0) is 60.7 Å². The van der Waals surface area contributed by atoms with Crippen molar-refractivity contribution < 1.29 is 9.18 Å². The van der Waals surface area contributed by atoms with Gasteiger partial charge in [-0.15, -0.1) is 0 Å². The summed E-state index contributed by atoms with van der Waals surface area (Å²) in [6.45, 7) is 0.851. The molecule has 0 spiro atoms. The number of carbonyl (C=O) groups excluding carboxylic acids is 1. The Labute approximate surface area is 247 Å². The van der Waals surface area contributed by atoms with Crippen LogP contribution >= 0.6 is 11.6 Å². The Morgan fingerprint density at radius 3 is 2.55 bits per heavy atom. The van der Waals surface area contributed by atoms with Gasteiger partial charge in [0, 0.05) is 76.6 Å². The van der Waals surface area contributed by atoms with Gasteiger partial charge in [0.25, 0.3) is 5.91 Å². The Morgan fingerprint density at radius 1 is 0.952 bits per heavy atom. The van der Waals surface area contributed by atoms with E-state index in [0.29, 0.717) is 52.0 Å². The minimum atomic E-state index is -0.358. The number of nitrogens with zero attached hydrogens (tertiary/aromatic N) is 5. The van der Waals surface area contributed by atoms with Crippen molar-refractivity contribution in [3.8, 4) is 11.3 Å². The van der Waals surface area contributed by atoms with Crippen LogP contribution in [0.1, 0.15) is 32.7 Å². The summed E-state index contributed by atoms with van der Waals surface area (Å²) in [4.78, 5) is 33.0.